The van der Waals surface area contributed by atoms with E-state index in [0.29, 0.717) is 57.9 Å². The molecule has 9 heteroatoms. The average molecular weight is 487 g/mol. The van der Waals surface area contributed by atoms with Crippen LogP contribution in [0.4, 0.5) is 16.2 Å². The SMILES string of the molecule is COCCn1cnc2ccc(NC(=O)Nc3cccc(C(C)=O)c3)c(-c3ccc(OC)cc3)c2c1=O. The summed E-state index contributed by atoms with van der Waals surface area (Å²) in [6.07, 6.45) is 1.49. The molecule has 1 heterocycles. The van der Waals surface area contributed by atoms with Crippen LogP contribution in [0, 0.1) is 0 Å². The van der Waals surface area contributed by atoms with Crippen molar-refractivity contribution in [2.45, 2.75) is 13.5 Å². The van der Waals surface area contributed by atoms with Crippen molar-refractivity contribution in [3.8, 4) is 16.9 Å². The Labute approximate surface area is 207 Å². The van der Waals surface area contributed by atoms with Crippen molar-refractivity contribution in [1.29, 1.82) is 0 Å². The number of hydrogen-bond acceptors (Lipinski definition) is 6. The first-order chi connectivity index (χ1) is 17.4. The van der Waals surface area contributed by atoms with Gasteiger partial charge in [-0.2, -0.15) is 0 Å². The number of benzene rings is 3. The zero-order chi connectivity index (χ0) is 25.7. The lowest BCUT2D eigenvalue weighted by Crippen LogP contribution is -2.24. The third-order valence-corrected chi connectivity index (χ3v) is 5.68. The highest BCUT2D eigenvalue weighted by molar-refractivity contribution is 6.08. The van der Waals surface area contributed by atoms with Crippen LogP contribution >= 0.6 is 0 Å². The predicted octanol–water partition coefficient (Wildman–Crippen LogP) is 4.57. The Hall–Kier alpha value is -4.50. The maximum atomic E-state index is 13.5. The number of hydrogen-bond donors (Lipinski definition) is 2. The van der Waals surface area contributed by atoms with E-state index in [0.717, 1.165) is 0 Å². The van der Waals surface area contributed by atoms with Crippen molar-refractivity contribution in [2.75, 3.05) is 31.5 Å². The van der Waals surface area contributed by atoms with Gasteiger partial charge in [-0.1, -0.05) is 24.3 Å². The third-order valence-electron chi connectivity index (χ3n) is 5.68. The molecule has 0 saturated carbocycles. The van der Waals surface area contributed by atoms with Gasteiger partial charge < -0.3 is 20.1 Å². The monoisotopic (exact) mass is 486 g/mol. The van der Waals surface area contributed by atoms with Crippen LogP contribution in [0.25, 0.3) is 22.0 Å². The van der Waals surface area contributed by atoms with Crippen molar-refractivity contribution in [3.05, 3.63) is 82.9 Å². The molecule has 184 valence electrons. The van der Waals surface area contributed by atoms with Gasteiger partial charge in [0.05, 0.1) is 43.2 Å². The molecule has 0 fully saturated rings. The number of anilines is 2. The Morgan fingerprint density at radius 3 is 2.47 bits per heavy atom. The van der Waals surface area contributed by atoms with Crippen LogP contribution in [-0.2, 0) is 11.3 Å². The summed E-state index contributed by atoms with van der Waals surface area (Å²) >= 11 is 0. The minimum atomic E-state index is -0.520. The maximum absolute atomic E-state index is 13.5. The Kier molecular flexibility index (Phi) is 7.41. The summed E-state index contributed by atoms with van der Waals surface area (Å²) in [5.74, 6) is 0.555. The van der Waals surface area contributed by atoms with Crippen molar-refractivity contribution >= 4 is 34.1 Å². The largest absolute Gasteiger partial charge is 0.497 e. The molecule has 2 N–H and O–H groups in total. The van der Waals surface area contributed by atoms with E-state index in [1.807, 2.05) is 12.1 Å². The van der Waals surface area contributed by atoms with Crippen LogP contribution in [-0.4, -0.2) is 42.2 Å². The number of nitrogens with one attached hydrogen (secondary N) is 2. The van der Waals surface area contributed by atoms with E-state index in [-0.39, 0.29) is 11.3 Å². The topological polar surface area (TPSA) is 112 Å². The standard InChI is InChI=1S/C27H26N4O5/c1-17(32)19-5-4-6-20(15-19)29-27(34)30-23-12-11-22-25(26(33)31(16-28-22)13-14-35-2)24(23)18-7-9-21(36-3)10-8-18/h4-12,15-16H,13-14H2,1-3H3,(H2,29,30,34). The molecule has 0 radical (unpaired) electrons. The van der Waals surface area contributed by atoms with Gasteiger partial charge in [0, 0.05) is 23.9 Å². The Bertz CT molecular complexity index is 1480. The molecular formula is C27H26N4O5. The van der Waals surface area contributed by atoms with E-state index < -0.39 is 6.03 Å². The minimum absolute atomic E-state index is 0.104. The first kappa shape index (κ1) is 24.6. The molecule has 0 aliphatic rings. The molecule has 0 bridgehead atoms. The molecule has 1 aromatic heterocycles. The van der Waals surface area contributed by atoms with Gasteiger partial charge in [0.25, 0.3) is 5.56 Å². The summed E-state index contributed by atoms with van der Waals surface area (Å²) in [6.45, 7) is 2.15. The van der Waals surface area contributed by atoms with Gasteiger partial charge in [-0.25, -0.2) is 9.78 Å². The number of aromatic nitrogens is 2. The summed E-state index contributed by atoms with van der Waals surface area (Å²) in [5, 5.41) is 5.97. The lowest BCUT2D eigenvalue weighted by Gasteiger charge is -2.16. The molecule has 0 saturated heterocycles. The summed E-state index contributed by atoms with van der Waals surface area (Å²) in [5.41, 5.74) is 2.87. The smallest absolute Gasteiger partial charge is 0.323 e. The van der Waals surface area contributed by atoms with Gasteiger partial charge in [0.2, 0.25) is 0 Å². The molecule has 4 aromatic rings. The van der Waals surface area contributed by atoms with Gasteiger partial charge in [0.1, 0.15) is 5.75 Å². The van der Waals surface area contributed by atoms with Crippen LogP contribution in [0.15, 0.2) is 71.8 Å². The molecule has 4 rings (SSSR count). The molecule has 0 atom stereocenters. The van der Waals surface area contributed by atoms with E-state index >= 15 is 0 Å². The highest BCUT2D eigenvalue weighted by Crippen LogP contribution is 2.34. The molecule has 0 aliphatic carbocycles. The van der Waals surface area contributed by atoms with Crippen LogP contribution in [0.2, 0.25) is 0 Å². The number of ether oxygens (including phenoxy) is 2. The highest BCUT2D eigenvalue weighted by atomic mass is 16.5. The molecule has 0 spiro atoms. The van der Waals surface area contributed by atoms with Gasteiger partial charge >= 0.3 is 6.03 Å². The van der Waals surface area contributed by atoms with Crippen LogP contribution < -0.4 is 20.9 Å². The number of ketones is 1. The molecule has 36 heavy (non-hydrogen) atoms. The van der Waals surface area contributed by atoms with E-state index in [9.17, 15) is 14.4 Å². The third kappa shape index (κ3) is 5.26. The fraction of sp³-hybridized carbons (Fsp3) is 0.185. The number of carbonyl (C=O) groups is 2. The predicted molar refractivity (Wildman–Crippen MR) is 139 cm³/mol. The number of urea groups is 1. The van der Waals surface area contributed by atoms with Crippen molar-refractivity contribution in [1.82, 2.24) is 9.55 Å². The van der Waals surface area contributed by atoms with Gasteiger partial charge in [-0.15, -0.1) is 0 Å². The molecule has 0 unspecified atom stereocenters. The second-order valence-electron chi connectivity index (χ2n) is 8.06. The fourth-order valence-corrected chi connectivity index (χ4v) is 3.85. The molecule has 3 aromatic carbocycles. The summed E-state index contributed by atoms with van der Waals surface area (Å²) in [4.78, 5) is 42.5. The van der Waals surface area contributed by atoms with Crippen LogP contribution in [0.5, 0.6) is 5.75 Å². The Morgan fingerprint density at radius 1 is 1.00 bits per heavy atom. The zero-order valence-electron chi connectivity index (χ0n) is 20.2. The number of nitrogens with zero attached hydrogens (tertiary/aromatic N) is 2. The zero-order valence-corrected chi connectivity index (χ0v) is 20.2. The second kappa shape index (κ2) is 10.8. The Balaban J connectivity index is 1.79. The molecule has 0 aliphatic heterocycles. The molecule has 2 amide bonds. The number of Topliss-reactive ketones (excluding diaryl/α,β-unsaturated/α-hetero) is 1. The van der Waals surface area contributed by atoms with Crippen molar-refractivity contribution in [3.63, 3.8) is 0 Å². The van der Waals surface area contributed by atoms with Gasteiger partial charge in [-0.05, 0) is 48.9 Å². The second-order valence-corrected chi connectivity index (χ2v) is 8.06. The van der Waals surface area contributed by atoms with Crippen LogP contribution in [0.1, 0.15) is 17.3 Å². The number of amides is 2. The first-order valence-corrected chi connectivity index (χ1v) is 11.3. The van der Waals surface area contributed by atoms with Crippen LogP contribution in [0.3, 0.4) is 0 Å². The first-order valence-electron chi connectivity index (χ1n) is 11.3. The number of rotatable bonds is 8. The minimum Gasteiger partial charge on any atom is -0.497 e. The quantitative estimate of drug-likeness (QED) is 0.353. The maximum Gasteiger partial charge on any atom is 0.323 e. The Morgan fingerprint density at radius 2 is 1.78 bits per heavy atom. The number of fused-ring (bicyclic) bond motifs is 1. The van der Waals surface area contributed by atoms with E-state index in [4.69, 9.17) is 9.47 Å². The van der Waals surface area contributed by atoms with Crippen molar-refractivity contribution in [2.24, 2.45) is 0 Å². The van der Waals surface area contributed by atoms with Gasteiger partial charge in [-0.3, -0.25) is 14.2 Å². The van der Waals surface area contributed by atoms with E-state index in [2.05, 4.69) is 15.6 Å². The van der Waals surface area contributed by atoms with E-state index in [1.165, 1.54) is 17.8 Å². The molecule has 9 nitrogen and oxygen atoms in total. The lowest BCUT2D eigenvalue weighted by molar-refractivity contribution is 0.101. The average Bonchev–Trinajstić information content (AvgIpc) is 2.88. The summed E-state index contributed by atoms with van der Waals surface area (Å²) < 4.78 is 11.9. The molecular weight excluding hydrogens is 460 g/mol. The van der Waals surface area contributed by atoms with Gasteiger partial charge in [0.15, 0.2) is 5.78 Å². The van der Waals surface area contributed by atoms with E-state index in [1.54, 1.807) is 62.8 Å². The van der Waals surface area contributed by atoms with Crippen molar-refractivity contribution < 1.29 is 19.1 Å². The normalized spacial score (nSPS) is 10.8. The summed E-state index contributed by atoms with van der Waals surface area (Å²) in [7, 11) is 3.14. The number of carbonyl (C=O) groups excluding carboxylic acids is 2. The summed E-state index contributed by atoms with van der Waals surface area (Å²) in [6, 6.07) is 16.7. The lowest BCUT2D eigenvalue weighted by atomic mass is 9.99. The fourth-order valence-electron chi connectivity index (χ4n) is 3.85. The highest BCUT2D eigenvalue weighted by Gasteiger charge is 2.17. The number of methoxy groups -OCH3 is 2.